The molecule has 3 unspecified atom stereocenters. The van der Waals surface area contributed by atoms with Gasteiger partial charge < -0.3 is 10.2 Å². The van der Waals surface area contributed by atoms with Gasteiger partial charge in [0.15, 0.2) is 0 Å². The van der Waals surface area contributed by atoms with Crippen molar-refractivity contribution in [2.24, 2.45) is 11.8 Å². The molecule has 0 aromatic carbocycles. The van der Waals surface area contributed by atoms with Gasteiger partial charge >= 0.3 is 0 Å². The van der Waals surface area contributed by atoms with E-state index >= 15 is 0 Å². The van der Waals surface area contributed by atoms with Crippen molar-refractivity contribution in [3.8, 4) is 0 Å². The van der Waals surface area contributed by atoms with E-state index in [1.54, 1.807) is 0 Å². The van der Waals surface area contributed by atoms with Gasteiger partial charge in [-0.25, -0.2) is 0 Å². The van der Waals surface area contributed by atoms with Crippen molar-refractivity contribution in [1.29, 1.82) is 0 Å². The molecule has 0 fully saturated rings. The molecule has 3 atom stereocenters. The summed E-state index contributed by atoms with van der Waals surface area (Å²) in [6, 6.07) is 0. The Morgan fingerprint density at radius 2 is 1.64 bits per heavy atom. The van der Waals surface area contributed by atoms with Crippen LogP contribution in [-0.2, 0) is 0 Å². The fourth-order valence-corrected chi connectivity index (χ4v) is 1.74. The van der Waals surface area contributed by atoms with Crippen LogP contribution >= 0.6 is 0 Å². The fraction of sp³-hybridized carbons (Fsp3) is 1.00. The van der Waals surface area contributed by atoms with E-state index in [9.17, 15) is 5.11 Å². The third kappa shape index (κ3) is 5.61. The van der Waals surface area contributed by atoms with Crippen molar-refractivity contribution in [2.75, 3.05) is 6.61 Å². The zero-order valence-corrected chi connectivity index (χ0v) is 9.87. The molecule has 0 aromatic heterocycles. The molecule has 0 bridgehead atoms. The van der Waals surface area contributed by atoms with Crippen LogP contribution in [0.5, 0.6) is 0 Å². The highest BCUT2D eigenvalue weighted by molar-refractivity contribution is 4.68. The summed E-state index contributed by atoms with van der Waals surface area (Å²) >= 11 is 0. The highest BCUT2D eigenvalue weighted by Gasteiger charge is 2.17. The van der Waals surface area contributed by atoms with E-state index in [-0.39, 0.29) is 12.7 Å². The molecular weight excluding hydrogens is 176 g/mol. The minimum Gasteiger partial charge on any atom is -0.396 e. The predicted octanol–water partition coefficient (Wildman–Crippen LogP) is 2.58. The van der Waals surface area contributed by atoms with E-state index < -0.39 is 0 Å². The molecule has 0 amide bonds. The van der Waals surface area contributed by atoms with Crippen LogP contribution < -0.4 is 0 Å². The summed E-state index contributed by atoms with van der Waals surface area (Å²) in [7, 11) is 0. The first-order chi connectivity index (χ1) is 6.65. The van der Waals surface area contributed by atoms with Crippen LogP contribution in [0.25, 0.3) is 0 Å². The minimum absolute atomic E-state index is 0.0982. The maximum atomic E-state index is 9.73. The first-order valence-corrected chi connectivity index (χ1v) is 5.94. The minimum atomic E-state index is -0.311. The van der Waals surface area contributed by atoms with E-state index in [1.165, 1.54) is 12.8 Å². The van der Waals surface area contributed by atoms with Crippen LogP contribution in [0.3, 0.4) is 0 Å². The maximum Gasteiger partial charge on any atom is 0.0590 e. The van der Waals surface area contributed by atoms with E-state index in [1.807, 2.05) is 0 Å². The van der Waals surface area contributed by atoms with Gasteiger partial charge in [-0.3, -0.25) is 0 Å². The lowest BCUT2D eigenvalue weighted by molar-refractivity contribution is 0.0697. The van der Waals surface area contributed by atoms with Gasteiger partial charge in [0.25, 0.3) is 0 Å². The SMILES string of the molecule is CCC(C)CCC(CC)C(O)CCO. The zero-order valence-electron chi connectivity index (χ0n) is 9.87. The summed E-state index contributed by atoms with van der Waals surface area (Å²) in [6.45, 7) is 6.67. The molecule has 0 rings (SSSR count). The van der Waals surface area contributed by atoms with Crippen molar-refractivity contribution in [3.05, 3.63) is 0 Å². The van der Waals surface area contributed by atoms with Gasteiger partial charge in [-0.15, -0.1) is 0 Å². The number of aliphatic hydroxyl groups excluding tert-OH is 2. The Labute approximate surface area is 88.3 Å². The molecule has 0 saturated heterocycles. The average Bonchev–Trinajstić information content (AvgIpc) is 2.18. The molecule has 0 heterocycles. The molecule has 86 valence electrons. The van der Waals surface area contributed by atoms with Gasteiger partial charge in [0, 0.05) is 6.61 Å². The second-order valence-corrected chi connectivity index (χ2v) is 4.34. The van der Waals surface area contributed by atoms with Crippen molar-refractivity contribution >= 4 is 0 Å². The standard InChI is InChI=1S/C12H26O2/c1-4-10(3)6-7-11(5-2)12(14)8-9-13/h10-14H,4-9H2,1-3H3. The largest absolute Gasteiger partial charge is 0.396 e. The summed E-state index contributed by atoms with van der Waals surface area (Å²) in [6.07, 6.45) is 4.72. The number of rotatable bonds is 8. The van der Waals surface area contributed by atoms with E-state index in [2.05, 4.69) is 20.8 Å². The van der Waals surface area contributed by atoms with Gasteiger partial charge in [0.1, 0.15) is 0 Å². The van der Waals surface area contributed by atoms with Crippen molar-refractivity contribution < 1.29 is 10.2 Å². The van der Waals surface area contributed by atoms with Gasteiger partial charge in [-0.05, 0) is 24.7 Å². The fourth-order valence-electron chi connectivity index (χ4n) is 1.74. The molecule has 0 aliphatic rings. The van der Waals surface area contributed by atoms with Crippen LogP contribution in [0.4, 0.5) is 0 Å². The molecule has 0 aromatic rings. The van der Waals surface area contributed by atoms with Gasteiger partial charge in [0.05, 0.1) is 6.10 Å². The summed E-state index contributed by atoms with van der Waals surface area (Å²) in [5.74, 6) is 1.13. The molecule has 0 spiro atoms. The lowest BCUT2D eigenvalue weighted by atomic mass is 9.88. The first kappa shape index (κ1) is 13.9. The normalized spacial score (nSPS) is 17.8. The zero-order chi connectivity index (χ0) is 11.0. The summed E-state index contributed by atoms with van der Waals surface area (Å²) < 4.78 is 0. The lowest BCUT2D eigenvalue weighted by Crippen LogP contribution is -2.21. The molecule has 14 heavy (non-hydrogen) atoms. The van der Waals surface area contributed by atoms with Gasteiger partial charge in [0.2, 0.25) is 0 Å². The first-order valence-electron chi connectivity index (χ1n) is 5.94. The second-order valence-electron chi connectivity index (χ2n) is 4.34. The molecule has 2 nitrogen and oxygen atoms in total. The van der Waals surface area contributed by atoms with E-state index in [4.69, 9.17) is 5.11 Å². The van der Waals surface area contributed by atoms with Crippen molar-refractivity contribution in [2.45, 2.75) is 59.0 Å². The maximum absolute atomic E-state index is 9.73. The van der Waals surface area contributed by atoms with Crippen LogP contribution in [0, 0.1) is 11.8 Å². The molecule has 0 saturated carbocycles. The highest BCUT2D eigenvalue weighted by atomic mass is 16.3. The number of aliphatic hydroxyl groups is 2. The Morgan fingerprint density at radius 3 is 2.07 bits per heavy atom. The smallest absolute Gasteiger partial charge is 0.0590 e. The Balaban J connectivity index is 3.77. The lowest BCUT2D eigenvalue weighted by Gasteiger charge is -2.22. The molecule has 0 aliphatic carbocycles. The van der Waals surface area contributed by atoms with Crippen LogP contribution in [-0.4, -0.2) is 22.9 Å². The van der Waals surface area contributed by atoms with Crippen molar-refractivity contribution in [3.63, 3.8) is 0 Å². The average molecular weight is 202 g/mol. The van der Waals surface area contributed by atoms with Crippen LogP contribution in [0.1, 0.15) is 52.9 Å². The summed E-state index contributed by atoms with van der Waals surface area (Å²) in [4.78, 5) is 0. The van der Waals surface area contributed by atoms with Gasteiger partial charge in [-0.2, -0.15) is 0 Å². The Morgan fingerprint density at radius 1 is 1.00 bits per heavy atom. The Hall–Kier alpha value is -0.0800. The Kier molecular flexibility index (Phi) is 8.20. The van der Waals surface area contributed by atoms with Crippen molar-refractivity contribution in [1.82, 2.24) is 0 Å². The third-order valence-electron chi connectivity index (χ3n) is 3.22. The topological polar surface area (TPSA) is 40.5 Å². The third-order valence-corrected chi connectivity index (χ3v) is 3.22. The van der Waals surface area contributed by atoms with Gasteiger partial charge in [-0.1, -0.05) is 40.0 Å². The molecule has 0 radical (unpaired) electrons. The second kappa shape index (κ2) is 8.25. The van der Waals surface area contributed by atoms with E-state index in [0.29, 0.717) is 12.3 Å². The number of hydrogen-bond donors (Lipinski definition) is 2. The number of hydrogen-bond acceptors (Lipinski definition) is 2. The monoisotopic (exact) mass is 202 g/mol. The molecule has 2 N–H and O–H groups in total. The van der Waals surface area contributed by atoms with Crippen LogP contribution in [0.15, 0.2) is 0 Å². The highest BCUT2D eigenvalue weighted by Crippen LogP contribution is 2.21. The van der Waals surface area contributed by atoms with E-state index in [0.717, 1.165) is 18.8 Å². The molecule has 2 heteroatoms. The Bertz CT molecular complexity index is 125. The quantitative estimate of drug-likeness (QED) is 0.635. The molecule has 0 aliphatic heterocycles. The summed E-state index contributed by atoms with van der Waals surface area (Å²) in [5.41, 5.74) is 0. The predicted molar refractivity (Wildman–Crippen MR) is 60.2 cm³/mol. The summed E-state index contributed by atoms with van der Waals surface area (Å²) in [5, 5.41) is 18.5. The molecular formula is C12H26O2. The van der Waals surface area contributed by atoms with Crippen LogP contribution in [0.2, 0.25) is 0 Å².